The number of urea groups is 1. The monoisotopic (exact) mass is 344 g/mol. The molecule has 2 fully saturated rings. The molecule has 24 heavy (non-hydrogen) atoms. The summed E-state index contributed by atoms with van der Waals surface area (Å²) >= 11 is 1.61. The van der Waals surface area contributed by atoms with Crippen LogP contribution in [0.25, 0.3) is 10.2 Å². The van der Waals surface area contributed by atoms with Crippen molar-refractivity contribution < 1.29 is 9.53 Å². The van der Waals surface area contributed by atoms with Gasteiger partial charge in [0.1, 0.15) is 5.75 Å². The molecule has 5 rings (SSSR count). The Hall–Kier alpha value is -1.86. The lowest BCUT2D eigenvalue weighted by Crippen LogP contribution is -2.47. The van der Waals surface area contributed by atoms with Crippen molar-refractivity contribution in [3.63, 3.8) is 0 Å². The van der Waals surface area contributed by atoms with E-state index in [2.05, 4.69) is 30.4 Å². The van der Waals surface area contributed by atoms with Gasteiger partial charge in [-0.05, 0) is 39.1 Å². The van der Waals surface area contributed by atoms with Crippen LogP contribution in [0.3, 0.4) is 0 Å². The minimum absolute atomic E-state index is 0.0106. The maximum absolute atomic E-state index is 12.6. The fraction of sp³-hybridized carbons (Fsp3) is 0.529. The van der Waals surface area contributed by atoms with Crippen molar-refractivity contribution in [2.45, 2.75) is 37.4 Å². The first-order valence-corrected chi connectivity index (χ1v) is 9.26. The first-order chi connectivity index (χ1) is 11.6. The van der Waals surface area contributed by atoms with E-state index in [9.17, 15) is 4.79 Å². The number of hydrogen-bond donors (Lipinski definition) is 1. The number of carbonyl (C=O) groups is 1. The molecule has 3 heterocycles. The molecule has 3 aliphatic rings. The molecule has 6 nitrogen and oxygen atoms in total. The minimum Gasteiger partial charge on any atom is -0.493 e. The molecule has 2 aliphatic heterocycles. The lowest BCUT2D eigenvalue weighted by Gasteiger charge is -2.30. The topological polar surface area (TPSA) is 57.7 Å². The van der Waals surface area contributed by atoms with Crippen molar-refractivity contribution in [1.82, 2.24) is 15.2 Å². The zero-order valence-electron chi connectivity index (χ0n) is 13.8. The average Bonchev–Trinajstić information content (AvgIpc) is 3.26. The van der Waals surface area contributed by atoms with Crippen molar-refractivity contribution in [3.8, 4) is 5.75 Å². The first-order valence-electron chi connectivity index (χ1n) is 8.45. The van der Waals surface area contributed by atoms with Crippen LogP contribution in [0.2, 0.25) is 0 Å². The number of benzene rings is 1. The first kappa shape index (κ1) is 14.5. The largest absolute Gasteiger partial charge is 0.493 e. The summed E-state index contributed by atoms with van der Waals surface area (Å²) in [5, 5.41) is 3.96. The Morgan fingerprint density at radius 1 is 1.38 bits per heavy atom. The third kappa shape index (κ3) is 1.91. The Bertz CT molecular complexity index is 833. The van der Waals surface area contributed by atoms with Gasteiger partial charge >= 0.3 is 6.03 Å². The lowest BCUT2D eigenvalue weighted by atomic mass is 10.1. The van der Waals surface area contributed by atoms with Crippen molar-refractivity contribution >= 4 is 32.7 Å². The number of aromatic nitrogens is 1. The van der Waals surface area contributed by atoms with Crippen LogP contribution < -0.4 is 15.0 Å². The van der Waals surface area contributed by atoms with Gasteiger partial charge in [-0.2, -0.15) is 0 Å². The van der Waals surface area contributed by atoms with Gasteiger partial charge in [-0.15, -0.1) is 0 Å². The fourth-order valence-corrected chi connectivity index (χ4v) is 5.41. The fourth-order valence-electron chi connectivity index (χ4n) is 4.37. The molecule has 7 heteroatoms. The summed E-state index contributed by atoms with van der Waals surface area (Å²) in [6.45, 7) is 0.721. The number of amides is 2. The molecular weight excluding hydrogens is 324 g/mol. The van der Waals surface area contributed by atoms with Crippen LogP contribution in [0.15, 0.2) is 12.1 Å². The summed E-state index contributed by atoms with van der Waals surface area (Å²) in [4.78, 5) is 21.6. The molecule has 1 aliphatic carbocycles. The molecule has 1 saturated heterocycles. The third-order valence-electron chi connectivity index (χ3n) is 5.50. The molecule has 0 spiro atoms. The van der Waals surface area contributed by atoms with E-state index in [1.807, 2.05) is 11.0 Å². The Morgan fingerprint density at radius 3 is 3.08 bits per heavy atom. The van der Waals surface area contributed by atoms with Crippen LogP contribution in [0.1, 0.15) is 18.4 Å². The standard InChI is InChI=1S/C17H20N4O2S/c1-20(2)11-4-3-10-15(11)21(16(22)18-10)17-19-14-9-7-8-23-12(9)5-6-13(14)24-17/h5-6,10-11,15H,3-4,7-8H2,1-2H3,(H,18,22)/t10-,11-,15-/m1/s1. The van der Waals surface area contributed by atoms with Gasteiger partial charge in [-0.3, -0.25) is 4.90 Å². The number of ether oxygens (including phenoxy) is 1. The maximum Gasteiger partial charge on any atom is 0.324 e. The summed E-state index contributed by atoms with van der Waals surface area (Å²) in [7, 11) is 4.19. The van der Waals surface area contributed by atoms with Crippen molar-refractivity contribution in [2.75, 3.05) is 25.6 Å². The van der Waals surface area contributed by atoms with E-state index in [4.69, 9.17) is 9.72 Å². The number of nitrogens with one attached hydrogen (secondary N) is 1. The molecule has 0 radical (unpaired) electrons. The Kier molecular flexibility index (Phi) is 3.06. The Morgan fingerprint density at radius 2 is 2.25 bits per heavy atom. The predicted molar refractivity (Wildman–Crippen MR) is 94.1 cm³/mol. The molecular formula is C17H20N4O2S. The second-order valence-electron chi connectivity index (χ2n) is 7.01. The normalized spacial score (nSPS) is 28.4. The number of fused-ring (bicyclic) bond motifs is 4. The van der Waals surface area contributed by atoms with Gasteiger partial charge < -0.3 is 15.0 Å². The molecule has 2 aromatic rings. The van der Waals surface area contributed by atoms with Crippen molar-refractivity contribution in [2.24, 2.45) is 0 Å². The van der Waals surface area contributed by atoms with Crippen molar-refractivity contribution in [3.05, 3.63) is 17.7 Å². The molecule has 1 saturated carbocycles. The van der Waals surface area contributed by atoms with Gasteiger partial charge in [-0.1, -0.05) is 11.3 Å². The summed E-state index contributed by atoms with van der Waals surface area (Å²) < 4.78 is 6.77. The molecule has 1 aromatic carbocycles. The second-order valence-corrected chi connectivity index (χ2v) is 8.02. The number of anilines is 1. The Balaban J connectivity index is 1.60. The lowest BCUT2D eigenvalue weighted by molar-refractivity contribution is 0.245. The number of hydrogen-bond acceptors (Lipinski definition) is 5. The summed E-state index contributed by atoms with van der Waals surface area (Å²) in [5.74, 6) is 0.940. The summed E-state index contributed by atoms with van der Waals surface area (Å²) in [6.07, 6.45) is 3.03. The van der Waals surface area contributed by atoms with E-state index >= 15 is 0 Å². The second kappa shape index (κ2) is 5.07. The minimum atomic E-state index is -0.0106. The SMILES string of the molecule is CN(C)[C@@H]1CC[C@H]2NC(=O)N(c3nc4c5c(ccc4s3)OCC5)[C@@H]12. The summed E-state index contributed by atoms with van der Waals surface area (Å²) in [6, 6.07) is 4.84. The van der Waals surface area contributed by atoms with Crippen LogP contribution in [0.4, 0.5) is 9.93 Å². The van der Waals surface area contributed by atoms with E-state index in [-0.39, 0.29) is 18.1 Å². The Labute approximate surface area is 144 Å². The van der Waals surface area contributed by atoms with Crippen LogP contribution >= 0.6 is 11.3 Å². The third-order valence-corrected chi connectivity index (χ3v) is 6.52. The highest BCUT2D eigenvalue weighted by atomic mass is 32.1. The number of nitrogens with zero attached hydrogens (tertiary/aromatic N) is 3. The predicted octanol–water partition coefficient (Wildman–Crippen LogP) is 2.22. The molecule has 0 unspecified atom stereocenters. The van der Waals surface area contributed by atoms with Crippen molar-refractivity contribution in [1.29, 1.82) is 0 Å². The van der Waals surface area contributed by atoms with Crippen LogP contribution in [0, 0.1) is 0 Å². The molecule has 2 amide bonds. The zero-order valence-corrected chi connectivity index (χ0v) is 14.6. The van der Waals surface area contributed by atoms with Gasteiger partial charge in [0.05, 0.1) is 28.9 Å². The number of thiazole rings is 1. The van der Waals surface area contributed by atoms with Crippen LogP contribution in [0.5, 0.6) is 5.75 Å². The van der Waals surface area contributed by atoms with Gasteiger partial charge in [0, 0.05) is 18.0 Å². The smallest absolute Gasteiger partial charge is 0.324 e. The van der Waals surface area contributed by atoms with E-state index in [0.717, 1.165) is 47.0 Å². The van der Waals surface area contributed by atoms with E-state index in [1.165, 1.54) is 5.56 Å². The average molecular weight is 344 g/mol. The number of carbonyl (C=O) groups excluding carboxylic acids is 1. The van der Waals surface area contributed by atoms with E-state index in [0.29, 0.717) is 6.04 Å². The highest BCUT2D eigenvalue weighted by molar-refractivity contribution is 7.22. The molecule has 1 aromatic heterocycles. The maximum atomic E-state index is 12.6. The molecule has 1 N–H and O–H groups in total. The van der Waals surface area contributed by atoms with Gasteiger partial charge in [-0.25, -0.2) is 9.78 Å². The van der Waals surface area contributed by atoms with Gasteiger partial charge in [0.2, 0.25) is 0 Å². The number of rotatable bonds is 2. The highest BCUT2D eigenvalue weighted by Crippen LogP contribution is 2.41. The molecule has 126 valence electrons. The highest BCUT2D eigenvalue weighted by Gasteiger charge is 2.50. The van der Waals surface area contributed by atoms with Crippen LogP contribution in [-0.4, -0.2) is 54.7 Å². The van der Waals surface area contributed by atoms with Gasteiger partial charge in [0.15, 0.2) is 5.13 Å². The van der Waals surface area contributed by atoms with Crippen LogP contribution in [-0.2, 0) is 6.42 Å². The molecule has 3 atom stereocenters. The number of likely N-dealkylation sites (N-methyl/N-ethyl adjacent to an activating group) is 1. The zero-order chi connectivity index (χ0) is 16.4. The van der Waals surface area contributed by atoms with E-state index in [1.54, 1.807) is 11.3 Å². The van der Waals surface area contributed by atoms with Gasteiger partial charge in [0.25, 0.3) is 0 Å². The van der Waals surface area contributed by atoms with E-state index < -0.39 is 0 Å². The molecule has 0 bridgehead atoms. The quantitative estimate of drug-likeness (QED) is 0.908. The summed E-state index contributed by atoms with van der Waals surface area (Å²) in [5.41, 5.74) is 2.18.